The molecule has 2 aliphatic heterocycles. The van der Waals surface area contributed by atoms with Gasteiger partial charge in [0.15, 0.2) is 0 Å². The van der Waals surface area contributed by atoms with E-state index in [1.807, 2.05) is 25.2 Å². The number of carbonyl (C=O) groups excluding carboxylic acids is 1. The molecule has 0 aromatic heterocycles. The van der Waals surface area contributed by atoms with Crippen molar-refractivity contribution in [3.05, 3.63) is 29.8 Å². The maximum absolute atomic E-state index is 12.4. The van der Waals surface area contributed by atoms with Crippen molar-refractivity contribution in [3.8, 4) is 0 Å². The van der Waals surface area contributed by atoms with Gasteiger partial charge in [-0.05, 0) is 31.6 Å². The zero-order chi connectivity index (χ0) is 11.9. The van der Waals surface area contributed by atoms with Gasteiger partial charge in [-0.3, -0.25) is 9.69 Å². The van der Waals surface area contributed by atoms with Gasteiger partial charge in [0, 0.05) is 18.8 Å². The van der Waals surface area contributed by atoms with Crippen LogP contribution < -0.4 is 10.6 Å². The lowest BCUT2D eigenvalue weighted by atomic mass is 9.95. The Balaban J connectivity index is 2.02. The summed E-state index contributed by atoms with van der Waals surface area (Å²) in [4.78, 5) is 14.6. The topological polar surface area (TPSA) is 44.4 Å². The van der Waals surface area contributed by atoms with E-state index in [2.05, 4.69) is 21.6 Å². The Kier molecular flexibility index (Phi) is 2.42. The third kappa shape index (κ3) is 1.56. The van der Waals surface area contributed by atoms with Crippen molar-refractivity contribution in [1.82, 2.24) is 10.2 Å². The minimum absolute atomic E-state index is 0.120. The second kappa shape index (κ2) is 3.82. The van der Waals surface area contributed by atoms with Crippen LogP contribution in [0.2, 0.25) is 0 Å². The van der Waals surface area contributed by atoms with Crippen molar-refractivity contribution < 1.29 is 4.79 Å². The van der Waals surface area contributed by atoms with Gasteiger partial charge in [0.05, 0.1) is 0 Å². The van der Waals surface area contributed by atoms with Crippen molar-refractivity contribution in [2.75, 3.05) is 25.5 Å². The SMILES string of the molecule is CN1Cc2ccccc2NC(=O)C12CCNC2. The number of para-hydroxylation sites is 1. The molecule has 4 heteroatoms. The number of nitrogens with one attached hydrogen (secondary N) is 2. The molecule has 0 saturated carbocycles. The highest BCUT2D eigenvalue weighted by Gasteiger charge is 2.46. The number of fused-ring (bicyclic) bond motifs is 1. The summed E-state index contributed by atoms with van der Waals surface area (Å²) in [6, 6.07) is 8.03. The first-order chi connectivity index (χ1) is 8.22. The highest BCUT2D eigenvalue weighted by Crippen LogP contribution is 2.31. The summed E-state index contributed by atoms with van der Waals surface area (Å²) in [5.41, 5.74) is 1.76. The number of carbonyl (C=O) groups is 1. The van der Waals surface area contributed by atoms with Crippen molar-refractivity contribution in [3.63, 3.8) is 0 Å². The molecule has 4 nitrogen and oxygen atoms in total. The third-order valence-corrected chi connectivity index (χ3v) is 3.96. The van der Waals surface area contributed by atoms with Crippen LogP contribution in [0.15, 0.2) is 24.3 Å². The van der Waals surface area contributed by atoms with Crippen molar-refractivity contribution >= 4 is 11.6 Å². The third-order valence-electron chi connectivity index (χ3n) is 3.96. The lowest BCUT2D eigenvalue weighted by molar-refractivity contribution is -0.126. The average Bonchev–Trinajstić information content (AvgIpc) is 2.78. The molecule has 1 aromatic carbocycles. The summed E-state index contributed by atoms with van der Waals surface area (Å²) in [7, 11) is 2.04. The van der Waals surface area contributed by atoms with E-state index in [0.717, 1.165) is 31.7 Å². The van der Waals surface area contributed by atoms with Crippen molar-refractivity contribution in [2.45, 2.75) is 18.5 Å². The van der Waals surface area contributed by atoms with E-state index in [1.54, 1.807) is 0 Å². The predicted molar refractivity (Wildman–Crippen MR) is 66.8 cm³/mol. The lowest BCUT2D eigenvalue weighted by Gasteiger charge is -2.34. The van der Waals surface area contributed by atoms with Gasteiger partial charge in [0.25, 0.3) is 0 Å². The molecule has 2 aliphatic rings. The molecule has 1 unspecified atom stereocenters. The van der Waals surface area contributed by atoms with E-state index in [1.165, 1.54) is 5.56 Å². The summed E-state index contributed by atoms with van der Waals surface area (Å²) in [5.74, 6) is 0.120. The van der Waals surface area contributed by atoms with E-state index < -0.39 is 0 Å². The fourth-order valence-corrected chi connectivity index (χ4v) is 2.80. The molecule has 0 radical (unpaired) electrons. The Morgan fingerprint density at radius 1 is 1.35 bits per heavy atom. The second-order valence-corrected chi connectivity index (χ2v) is 4.93. The fourth-order valence-electron chi connectivity index (χ4n) is 2.80. The fraction of sp³-hybridized carbons (Fsp3) is 0.462. The quantitative estimate of drug-likeness (QED) is 0.694. The van der Waals surface area contributed by atoms with Gasteiger partial charge in [0.1, 0.15) is 5.54 Å². The first kappa shape index (κ1) is 10.7. The second-order valence-electron chi connectivity index (χ2n) is 4.93. The van der Waals surface area contributed by atoms with Crippen LogP contribution in [-0.2, 0) is 11.3 Å². The highest BCUT2D eigenvalue weighted by atomic mass is 16.2. The molecule has 90 valence electrons. The van der Waals surface area contributed by atoms with Crippen LogP contribution in [0.25, 0.3) is 0 Å². The van der Waals surface area contributed by atoms with Crippen molar-refractivity contribution in [1.29, 1.82) is 0 Å². The van der Waals surface area contributed by atoms with Crippen LogP contribution in [0, 0.1) is 0 Å². The number of hydrogen-bond acceptors (Lipinski definition) is 3. The number of anilines is 1. The number of hydrogen-bond donors (Lipinski definition) is 2. The Morgan fingerprint density at radius 3 is 2.94 bits per heavy atom. The van der Waals surface area contributed by atoms with Gasteiger partial charge in [-0.25, -0.2) is 0 Å². The smallest absolute Gasteiger partial charge is 0.246 e. The minimum Gasteiger partial charge on any atom is -0.324 e. The van der Waals surface area contributed by atoms with Crippen LogP contribution in [0.5, 0.6) is 0 Å². The summed E-state index contributed by atoms with van der Waals surface area (Å²) in [6.07, 6.45) is 0.878. The maximum atomic E-state index is 12.4. The first-order valence-electron chi connectivity index (χ1n) is 6.04. The van der Waals surface area contributed by atoms with E-state index >= 15 is 0 Å². The first-order valence-corrected chi connectivity index (χ1v) is 6.04. The molecule has 17 heavy (non-hydrogen) atoms. The zero-order valence-electron chi connectivity index (χ0n) is 9.99. The summed E-state index contributed by atoms with van der Waals surface area (Å²) >= 11 is 0. The highest BCUT2D eigenvalue weighted by molar-refractivity contribution is 5.99. The molecule has 0 aliphatic carbocycles. The number of amides is 1. The number of benzene rings is 1. The van der Waals surface area contributed by atoms with E-state index in [4.69, 9.17) is 0 Å². The molecule has 2 N–H and O–H groups in total. The predicted octanol–water partition coefficient (Wildman–Crippen LogP) is 0.803. The van der Waals surface area contributed by atoms with Gasteiger partial charge in [-0.2, -0.15) is 0 Å². The van der Waals surface area contributed by atoms with Crippen molar-refractivity contribution in [2.24, 2.45) is 0 Å². The Bertz CT molecular complexity index is 452. The van der Waals surface area contributed by atoms with Crippen LogP contribution in [-0.4, -0.2) is 36.5 Å². The van der Waals surface area contributed by atoms with Crippen LogP contribution in [0.3, 0.4) is 0 Å². The van der Waals surface area contributed by atoms with E-state index in [-0.39, 0.29) is 11.4 Å². The number of likely N-dealkylation sites (N-methyl/N-ethyl adjacent to an activating group) is 1. The molecular formula is C13H17N3O. The van der Waals surface area contributed by atoms with E-state index in [9.17, 15) is 4.79 Å². The zero-order valence-corrected chi connectivity index (χ0v) is 9.99. The molecule has 0 bridgehead atoms. The molecule has 3 rings (SSSR count). The van der Waals surface area contributed by atoms with Gasteiger partial charge in [-0.1, -0.05) is 18.2 Å². The van der Waals surface area contributed by atoms with Gasteiger partial charge in [0.2, 0.25) is 5.91 Å². The molecule has 1 atom stereocenters. The lowest BCUT2D eigenvalue weighted by Crippen LogP contribution is -2.55. The normalized spacial score (nSPS) is 28.9. The summed E-state index contributed by atoms with van der Waals surface area (Å²) in [6.45, 7) is 2.47. The Labute approximate surface area is 101 Å². The molecule has 1 saturated heterocycles. The molecule has 1 aromatic rings. The maximum Gasteiger partial charge on any atom is 0.246 e. The van der Waals surface area contributed by atoms with Crippen LogP contribution in [0.1, 0.15) is 12.0 Å². The number of nitrogens with zero attached hydrogens (tertiary/aromatic N) is 1. The van der Waals surface area contributed by atoms with Crippen LogP contribution in [0.4, 0.5) is 5.69 Å². The Morgan fingerprint density at radius 2 is 2.18 bits per heavy atom. The molecule has 1 amide bonds. The van der Waals surface area contributed by atoms with E-state index in [0.29, 0.717) is 0 Å². The minimum atomic E-state index is -0.376. The van der Waals surface area contributed by atoms with Gasteiger partial charge < -0.3 is 10.6 Å². The van der Waals surface area contributed by atoms with Gasteiger partial charge >= 0.3 is 0 Å². The summed E-state index contributed by atoms with van der Waals surface area (Å²) < 4.78 is 0. The Hall–Kier alpha value is -1.39. The number of rotatable bonds is 0. The molecule has 1 spiro atoms. The molecule has 1 fully saturated rings. The summed E-state index contributed by atoms with van der Waals surface area (Å²) in [5, 5.41) is 6.36. The van der Waals surface area contributed by atoms with Crippen LogP contribution >= 0.6 is 0 Å². The molecule has 2 heterocycles. The molecular weight excluding hydrogens is 214 g/mol. The van der Waals surface area contributed by atoms with Gasteiger partial charge in [-0.15, -0.1) is 0 Å². The largest absolute Gasteiger partial charge is 0.324 e. The monoisotopic (exact) mass is 231 g/mol. The standard InChI is InChI=1S/C13H17N3O/c1-16-8-10-4-2-3-5-11(10)15-12(17)13(16)6-7-14-9-13/h2-5,14H,6-9H2,1H3,(H,15,17). The average molecular weight is 231 g/mol.